The SMILES string of the molecule is Cc1cc(C(=O)Nc2cccc(C(=O)N3CCCCCC3)c2)on1. The van der Waals surface area contributed by atoms with Crippen LogP contribution in [-0.2, 0) is 0 Å². The highest BCUT2D eigenvalue weighted by Gasteiger charge is 2.18. The number of carbonyl (C=O) groups is 2. The van der Waals surface area contributed by atoms with Crippen LogP contribution in [0, 0.1) is 6.92 Å². The maximum atomic E-state index is 12.6. The molecule has 6 heteroatoms. The van der Waals surface area contributed by atoms with E-state index in [0.29, 0.717) is 16.9 Å². The standard InChI is InChI=1S/C18H21N3O3/c1-13-11-16(24-20-13)17(22)19-15-8-6-7-14(12-15)18(23)21-9-4-2-3-5-10-21/h6-8,11-12H,2-5,9-10H2,1H3,(H,19,22). The molecular formula is C18H21N3O3. The lowest BCUT2D eigenvalue weighted by atomic mass is 10.1. The van der Waals surface area contributed by atoms with Crippen molar-refractivity contribution in [3.8, 4) is 0 Å². The van der Waals surface area contributed by atoms with Crippen molar-refractivity contribution in [2.75, 3.05) is 18.4 Å². The van der Waals surface area contributed by atoms with Gasteiger partial charge in [-0.05, 0) is 38.0 Å². The fourth-order valence-electron chi connectivity index (χ4n) is 2.85. The Bertz CT molecular complexity index is 731. The summed E-state index contributed by atoms with van der Waals surface area (Å²) in [6.07, 6.45) is 4.45. The van der Waals surface area contributed by atoms with E-state index in [2.05, 4.69) is 10.5 Å². The van der Waals surface area contributed by atoms with Crippen molar-refractivity contribution in [1.29, 1.82) is 0 Å². The van der Waals surface area contributed by atoms with Gasteiger partial charge in [0.2, 0.25) is 5.76 Å². The van der Waals surface area contributed by atoms with Crippen LogP contribution in [0.4, 0.5) is 5.69 Å². The first kappa shape index (κ1) is 16.2. The van der Waals surface area contributed by atoms with E-state index in [1.54, 1.807) is 37.3 Å². The minimum Gasteiger partial charge on any atom is -0.351 e. The number of hydrogen-bond donors (Lipinski definition) is 1. The summed E-state index contributed by atoms with van der Waals surface area (Å²) in [5, 5.41) is 6.44. The van der Waals surface area contributed by atoms with Gasteiger partial charge in [-0.1, -0.05) is 24.1 Å². The van der Waals surface area contributed by atoms with Crippen LogP contribution < -0.4 is 5.32 Å². The van der Waals surface area contributed by atoms with Crippen LogP contribution in [0.5, 0.6) is 0 Å². The summed E-state index contributed by atoms with van der Waals surface area (Å²) in [5.41, 5.74) is 1.79. The highest BCUT2D eigenvalue weighted by atomic mass is 16.5. The number of rotatable bonds is 3. The Morgan fingerprint density at radius 3 is 2.54 bits per heavy atom. The molecule has 0 aliphatic carbocycles. The van der Waals surface area contributed by atoms with Crippen LogP contribution in [0.25, 0.3) is 0 Å². The number of nitrogens with one attached hydrogen (secondary N) is 1. The molecule has 1 saturated heterocycles. The molecule has 1 aliphatic heterocycles. The minimum absolute atomic E-state index is 0.0171. The second-order valence-corrected chi connectivity index (χ2v) is 6.07. The van der Waals surface area contributed by atoms with Crippen molar-refractivity contribution in [3.05, 3.63) is 47.3 Å². The Morgan fingerprint density at radius 2 is 1.88 bits per heavy atom. The van der Waals surface area contributed by atoms with Gasteiger partial charge >= 0.3 is 0 Å². The summed E-state index contributed by atoms with van der Waals surface area (Å²) in [7, 11) is 0. The fraction of sp³-hybridized carbons (Fsp3) is 0.389. The van der Waals surface area contributed by atoms with Crippen LogP contribution in [-0.4, -0.2) is 35.0 Å². The number of amides is 2. The van der Waals surface area contributed by atoms with E-state index in [-0.39, 0.29) is 17.6 Å². The predicted octanol–water partition coefficient (Wildman–Crippen LogP) is 3.25. The zero-order valence-electron chi connectivity index (χ0n) is 13.7. The lowest BCUT2D eigenvalue weighted by Crippen LogP contribution is -2.31. The summed E-state index contributed by atoms with van der Waals surface area (Å²) >= 11 is 0. The molecule has 0 unspecified atom stereocenters. The molecule has 0 spiro atoms. The monoisotopic (exact) mass is 327 g/mol. The molecule has 3 rings (SSSR count). The summed E-state index contributed by atoms with van der Waals surface area (Å²) < 4.78 is 4.95. The third kappa shape index (κ3) is 3.82. The van der Waals surface area contributed by atoms with Gasteiger partial charge in [-0.2, -0.15) is 0 Å². The van der Waals surface area contributed by atoms with Gasteiger partial charge in [0.15, 0.2) is 0 Å². The Balaban J connectivity index is 1.71. The number of aryl methyl sites for hydroxylation is 1. The van der Waals surface area contributed by atoms with Crippen LogP contribution in [0.1, 0.15) is 52.3 Å². The Hall–Kier alpha value is -2.63. The largest absolute Gasteiger partial charge is 0.351 e. The van der Waals surface area contributed by atoms with Crippen LogP contribution in [0.15, 0.2) is 34.9 Å². The minimum atomic E-state index is -0.380. The van der Waals surface area contributed by atoms with Crippen molar-refractivity contribution in [2.24, 2.45) is 0 Å². The topological polar surface area (TPSA) is 75.4 Å². The molecule has 2 amide bonds. The highest BCUT2D eigenvalue weighted by molar-refractivity contribution is 6.03. The average molecular weight is 327 g/mol. The van der Waals surface area contributed by atoms with Gasteiger partial charge < -0.3 is 14.7 Å². The van der Waals surface area contributed by atoms with Crippen molar-refractivity contribution in [3.63, 3.8) is 0 Å². The first-order chi connectivity index (χ1) is 11.6. The van der Waals surface area contributed by atoms with Gasteiger partial charge in [0.05, 0.1) is 5.69 Å². The number of aromatic nitrogens is 1. The van der Waals surface area contributed by atoms with Crippen molar-refractivity contribution >= 4 is 17.5 Å². The van der Waals surface area contributed by atoms with Crippen LogP contribution in [0.2, 0.25) is 0 Å². The lowest BCUT2D eigenvalue weighted by molar-refractivity contribution is 0.0761. The molecule has 6 nitrogen and oxygen atoms in total. The third-order valence-electron chi connectivity index (χ3n) is 4.11. The zero-order chi connectivity index (χ0) is 16.9. The smallest absolute Gasteiger partial charge is 0.294 e. The second kappa shape index (κ2) is 7.29. The Morgan fingerprint density at radius 1 is 1.12 bits per heavy atom. The predicted molar refractivity (Wildman–Crippen MR) is 90.0 cm³/mol. The van der Waals surface area contributed by atoms with Crippen molar-refractivity contribution in [2.45, 2.75) is 32.6 Å². The molecule has 1 fully saturated rings. The highest BCUT2D eigenvalue weighted by Crippen LogP contribution is 2.17. The zero-order valence-corrected chi connectivity index (χ0v) is 13.7. The first-order valence-corrected chi connectivity index (χ1v) is 8.27. The summed E-state index contributed by atoms with van der Waals surface area (Å²) in [4.78, 5) is 26.7. The fourth-order valence-corrected chi connectivity index (χ4v) is 2.85. The number of hydrogen-bond acceptors (Lipinski definition) is 4. The van der Waals surface area contributed by atoms with Crippen LogP contribution in [0.3, 0.4) is 0 Å². The lowest BCUT2D eigenvalue weighted by Gasteiger charge is -2.20. The normalized spacial score (nSPS) is 15.0. The van der Waals surface area contributed by atoms with E-state index in [4.69, 9.17) is 4.52 Å². The summed E-state index contributed by atoms with van der Waals surface area (Å²) in [5.74, 6) is -0.213. The van der Waals surface area contributed by atoms with E-state index in [9.17, 15) is 9.59 Å². The van der Waals surface area contributed by atoms with Crippen molar-refractivity contribution < 1.29 is 14.1 Å². The Labute approximate surface area is 140 Å². The van der Waals surface area contributed by atoms with E-state index < -0.39 is 0 Å². The molecule has 0 atom stereocenters. The number of nitrogens with zero attached hydrogens (tertiary/aromatic N) is 2. The van der Waals surface area contributed by atoms with E-state index in [0.717, 1.165) is 25.9 Å². The average Bonchev–Trinajstić information content (AvgIpc) is 2.85. The molecule has 2 heterocycles. The molecule has 0 radical (unpaired) electrons. The molecule has 24 heavy (non-hydrogen) atoms. The van der Waals surface area contributed by atoms with Gasteiger partial charge in [0.25, 0.3) is 11.8 Å². The van der Waals surface area contributed by atoms with Gasteiger partial charge in [-0.3, -0.25) is 9.59 Å². The maximum absolute atomic E-state index is 12.6. The number of benzene rings is 1. The molecule has 1 N–H and O–H groups in total. The maximum Gasteiger partial charge on any atom is 0.294 e. The second-order valence-electron chi connectivity index (χ2n) is 6.07. The molecule has 0 saturated carbocycles. The molecule has 2 aromatic rings. The molecule has 126 valence electrons. The number of anilines is 1. The van der Waals surface area contributed by atoms with Gasteiger partial charge in [0.1, 0.15) is 0 Å². The first-order valence-electron chi connectivity index (χ1n) is 8.27. The molecule has 1 aliphatic rings. The van der Waals surface area contributed by atoms with E-state index >= 15 is 0 Å². The van der Waals surface area contributed by atoms with Crippen molar-refractivity contribution in [1.82, 2.24) is 10.1 Å². The van der Waals surface area contributed by atoms with Crippen LogP contribution >= 0.6 is 0 Å². The molecular weight excluding hydrogens is 306 g/mol. The number of carbonyl (C=O) groups excluding carboxylic acids is 2. The van der Waals surface area contributed by atoms with E-state index in [1.807, 2.05) is 4.90 Å². The van der Waals surface area contributed by atoms with Gasteiger partial charge in [-0.25, -0.2) is 0 Å². The van der Waals surface area contributed by atoms with Gasteiger partial charge in [0, 0.05) is 30.4 Å². The Kier molecular flexibility index (Phi) is 4.93. The number of likely N-dealkylation sites (tertiary alicyclic amines) is 1. The van der Waals surface area contributed by atoms with E-state index in [1.165, 1.54) is 12.8 Å². The van der Waals surface area contributed by atoms with Gasteiger partial charge in [-0.15, -0.1) is 0 Å². The quantitative estimate of drug-likeness (QED) is 0.939. The molecule has 1 aromatic heterocycles. The summed E-state index contributed by atoms with van der Waals surface area (Å²) in [6.45, 7) is 3.35. The summed E-state index contributed by atoms with van der Waals surface area (Å²) in [6, 6.07) is 8.57. The molecule has 1 aromatic carbocycles. The third-order valence-corrected chi connectivity index (χ3v) is 4.11. The molecule has 0 bridgehead atoms.